The van der Waals surface area contributed by atoms with Gasteiger partial charge in [-0.25, -0.2) is 0 Å². The molecule has 0 spiro atoms. The molecule has 1 unspecified atom stereocenters. The fraction of sp³-hybridized carbons (Fsp3) is 0.250. The lowest BCUT2D eigenvalue weighted by atomic mass is 9.83. The summed E-state index contributed by atoms with van der Waals surface area (Å²) >= 11 is 0. The molecule has 0 saturated heterocycles. The average Bonchev–Trinajstić information content (AvgIpc) is 2.50. The molecule has 3 aliphatic rings. The second-order valence-corrected chi connectivity index (χ2v) is 4.68. The van der Waals surface area contributed by atoms with Crippen molar-refractivity contribution < 1.29 is 0 Å². The van der Waals surface area contributed by atoms with Crippen LogP contribution in [0.3, 0.4) is 0 Å². The van der Waals surface area contributed by atoms with E-state index in [4.69, 9.17) is 0 Å². The molecular formula is C16H16. The van der Waals surface area contributed by atoms with Crippen LogP contribution in [0, 0.1) is 5.92 Å². The molecule has 0 radical (unpaired) electrons. The van der Waals surface area contributed by atoms with E-state index >= 15 is 0 Å². The Morgan fingerprint density at radius 2 is 2.00 bits per heavy atom. The highest BCUT2D eigenvalue weighted by atomic mass is 14.3. The van der Waals surface area contributed by atoms with Crippen molar-refractivity contribution in [3.63, 3.8) is 0 Å². The van der Waals surface area contributed by atoms with Gasteiger partial charge in [-0.05, 0) is 42.6 Å². The van der Waals surface area contributed by atoms with Crippen molar-refractivity contribution in [3.05, 3.63) is 70.4 Å². The molecule has 0 saturated carbocycles. The minimum absolute atomic E-state index is 0.533. The van der Waals surface area contributed by atoms with Crippen LogP contribution in [-0.2, 0) is 0 Å². The van der Waals surface area contributed by atoms with Gasteiger partial charge in [0.05, 0.1) is 0 Å². The van der Waals surface area contributed by atoms with Gasteiger partial charge in [-0.2, -0.15) is 0 Å². The van der Waals surface area contributed by atoms with Crippen molar-refractivity contribution in [1.82, 2.24) is 0 Å². The molecule has 0 nitrogen and oxygen atoms in total. The number of rotatable bonds is 0. The summed E-state index contributed by atoms with van der Waals surface area (Å²) in [5.74, 6) is 0.533. The fourth-order valence-electron chi connectivity index (χ4n) is 2.85. The highest BCUT2D eigenvalue weighted by Crippen LogP contribution is 2.45. The van der Waals surface area contributed by atoms with Crippen LogP contribution in [0.5, 0.6) is 0 Å². The minimum Gasteiger partial charge on any atom is -0.0832 e. The van der Waals surface area contributed by atoms with E-state index < -0.39 is 0 Å². The average molecular weight is 208 g/mol. The molecule has 3 aliphatic carbocycles. The number of allylic oxidation sites excluding steroid dienone is 12. The van der Waals surface area contributed by atoms with E-state index in [-0.39, 0.29) is 0 Å². The molecule has 0 aliphatic heterocycles. The largest absolute Gasteiger partial charge is 0.0832 e. The molecular weight excluding hydrogens is 192 g/mol. The third-order valence-electron chi connectivity index (χ3n) is 3.86. The van der Waals surface area contributed by atoms with Gasteiger partial charge < -0.3 is 0 Å². The minimum atomic E-state index is 0.533. The van der Waals surface area contributed by atoms with Gasteiger partial charge in [0.1, 0.15) is 0 Å². The lowest BCUT2D eigenvalue weighted by Crippen LogP contribution is -2.06. The van der Waals surface area contributed by atoms with E-state index in [2.05, 4.69) is 56.4 Å². The second kappa shape index (κ2) is 3.48. The van der Waals surface area contributed by atoms with Crippen LogP contribution < -0.4 is 0 Å². The van der Waals surface area contributed by atoms with Crippen molar-refractivity contribution >= 4 is 0 Å². The molecule has 0 aromatic carbocycles. The summed E-state index contributed by atoms with van der Waals surface area (Å²) in [6.07, 6.45) is 16.7. The summed E-state index contributed by atoms with van der Waals surface area (Å²) in [6.45, 7) is 4.51. The van der Waals surface area contributed by atoms with E-state index in [1.807, 2.05) is 0 Å². The Labute approximate surface area is 97.1 Å². The lowest BCUT2D eigenvalue weighted by Gasteiger charge is -2.21. The Morgan fingerprint density at radius 1 is 1.12 bits per heavy atom. The van der Waals surface area contributed by atoms with Crippen LogP contribution in [0.25, 0.3) is 0 Å². The first-order chi connectivity index (χ1) is 7.79. The third-order valence-corrected chi connectivity index (χ3v) is 3.86. The molecule has 0 amide bonds. The zero-order chi connectivity index (χ0) is 11.1. The Balaban J connectivity index is 2.25. The maximum absolute atomic E-state index is 2.36. The van der Waals surface area contributed by atoms with Gasteiger partial charge in [0.2, 0.25) is 0 Å². The summed E-state index contributed by atoms with van der Waals surface area (Å²) in [7, 11) is 0. The van der Waals surface area contributed by atoms with Gasteiger partial charge in [0.25, 0.3) is 0 Å². The molecule has 0 fully saturated rings. The molecule has 0 heterocycles. The van der Waals surface area contributed by atoms with Crippen molar-refractivity contribution in [1.29, 1.82) is 0 Å². The highest BCUT2D eigenvalue weighted by Gasteiger charge is 2.30. The standard InChI is InChI=1S/C16H16/c1-11-12(2)15-10-6-8-13-7-4-3-5-9-14(11)16(13)15/h3-7,9-10,15H,8H2,1-2H3. The zero-order valence-corrected chi connectivity index (χ0v) is 9.83. The first kappa shape index (κ1) is 9.65. The number of hydrogen-bond acceptors (Lipinski definition) is 0. The van der Waals surface area contributed by atoms with Crippen LogP contribution in [-0.4, -0.2) is 0 Å². The van der Waals surface area contributed by atoms with Crippen LogP contribution in [0.1, 0.15) is 20.3 Å². The zero-order valence-electron chi connectivity index (χ0n) is 9.83. The second-order valence-electron chi connectivity index (χ2n) is 4.68. The Kier molecular flexibility index (Phi) is 2.10. The summed E-state index contributed by atoms with van der Waals surface area (Å²) < 4.78 is 0. The molecule has 0 heteroatoms. The molecule has 0 aromatic rings. The highest BCUT2D eigenvalue weighted by molar-refractivity contribution is 5.64. The fourth-order valence-corrected chi connectivity index (χ4v) is 2.85. The predicted molar refractivity (Wildman–Crippen MR) is 69.0 cm³/mol. The summed E-state index contributed by atoms with van der Waals surface area (Å²) in [5, 5.41) is 0. The van der Waals surface area contributed by atoms with E-state index in [0.29, 0.717) is 5.92 Å². The summed E-state index contributed by atoms with van der Waals surface area (Å²) in [6, 6.07) is 0. The van der Waals surface area contributed by atoms with Gasteiger partial charge in [-0.3, -0.25) is 0 Å². The van der Waals surface area contributed by atoms with Crippen molar-refractivity contribution in [2.75, 3.05) is 0 Å². The van der Waals surface area contributed by atoms with Gasteiger partial charge in [0.15, 0.2) is 0 Å². The molecule has 0 aromatic heterocycles. The lowest BCUT2D eigenvalue weighted by molar-refractivity contribution is 0.874. The molecule has 0 N–H and O–H groups in total. The predicted octanol–water partition coefficient (Wildman–Crippen LogP) is 4.26. The molecule has 1 atom stereocenters. The molecule has 0 bridgehead atoms. The van der Waals surface area contributed by atoms with Gasteiger partial charge >= 0.3 is 0 Å². The molecule has 16 heavy (non-hydrogen) atoms. The quantitative estimate of drug-likeness (QED) is 0.522. The summed E-state index contributed by atoms with van der Waals surface area (Å²) in [4.78, 5) is 0. The van der Waals surface area contributed by atoms with Crippen molar-refractivity contribution in [2.24, 2.45) is 5.92 Å². The smallest absolute Gasteiger partial charge is 0.0240 e. The van der Waals surface area contributed by atoms with Crippen LogP contribution in [0.2, 0.25) is 0 Å². The van der Waals surface area contributed by atoms with Gasteiger partial charge in [-0.15, -0.1) is 0 Å². The Hall–Kier alpha value is -1.56. The molecule has 80 valence electrons. The normalized spacial score (nSPS) is 26.9. The Morgan fingerprint density at radius 3 is 2.88 bits per heavy atom. The van der Waals surface area contributed by atoms with Crippen LogP contribution in [0.15, 0.2) is 70.4 Å². The number of hydrogen-bond donors (Lipinski definition) is 0. The van der Waals surface area contributed by atoms with Gasteiger partial charge in [0, 0.05) is 5.92 Å². The summed E-state index contributed by atoms with van der Waals surface area (Å²) in [5.41, 5.74) is 7.45. The van der Waals surface area contributed by atoms with Gasteiger partial charge in [-0.1, -0.05) is 48.1 Å². The topological polar surface area (TPSA) is 0 Å². The SMILES string of the molecule is CC1=C(C)C2C=CCC3=CC=CC=CC1=C32. The van der Waals surface area contributed by atoms with Crippen molar-refractivity contribution in [3.8, 4) is 0 Å². The maximum atomic E-state index is 2.36. The van der Waals surface area contributed by atoms with Crippen LogP contribution >= 0.6 is 0 Å². The first-order valence-corrected chi connectivity index (χ1v) is 5.92. The van der Waals surface area contributed by atoms with E-state index in [9.17, 15) is 0 Å². The van der Waals surface area contributed by atoms with Crippen LogP contribution in [0.4, 0.5) is 0 Å². The monoisotopic (exact) mass is 208 g/mol. The van der Waals surface area contributed by atoms with E-state index in [1.54, 1.807) is 0 Å². The van der Waals surface area contributed by atoms with E-state index in [0.717, 1.165) is 6.42 Å². The maximum Gasteiger partial charge on any atom is 0.0240 e. The van der Waals surface area contributed by atoms with E-state index in [1.165, 1.54) is 27.9 Å². The third kappa shape index (κ3) is 1.23. The Bertz CT molecular complexity index is 516. The first-order valence-electron chi connectivity index (χ1n) is 5.92. The molecule has 3 rings (SSSR count). The van der Waals surface area contributed by atoms with Crippen molar-refractivity contribution in [2.45, 2.75) is 20.3 Å².